The topological polar surface area (TPSA) is 43.4 Å². The lowest BCUT2D eigenvalue weighted by atomic mass is 9.45. The molecule has 1 heterocycles. The van der Waals surface area contributed by atoms with E-state index in [1.165, 1.54) is 18.4 Å². The Morgan fingerprint density at radius 1 is 1.10 bits per heavy atom. The van der Waals surface area contributed by atoms with Gasteiger partial charge in [-0.25, -0.2) is 0 Å². The molecule has 9 atom stereocenters. The van der Waals surface area contributed by atoms with Crippen LogP contribution in [0.25, 0.3) is 0 Å². The minimum absolute atomic E-state index is 0.0134. The van der Waals surface area contributed by atoms with Gasteiger partial charge in [-0.2, -0.15) is 11.8 Å². The van der Waals surface area contributed by atoms with Crippen LogP contribution in [-0.2, 0) is 14.3 Å². The minimum Gasteiger partial charge on any atom is -0.458 e. The molecule has 5 aliphatic carbocycles. The van der Waals surface area contributed by atoms with Crippen molar-refractivity contribution in [3.8, 4) is 0 Å². The Morgan fingerprint density at radius 3 is 2.59 bits per heavy atom. The zero-order chi connectivity index (χ0) is 20.4. The quantitative estimate of drug-likeness (QED) is 0.571. The van der Waals surface area contributed by atoms with Gasteiger partial charge in [-0.3, -0.25) is 9.59 Å². The summed E-state index contributed by atoms with van der Waals surface area (Å²) in [6, 6.07) is 0. The van der Waals surface area contributed by atoms with Crippen LogP contribution in [0.15, 0.2) is 23.8 Å². The second-order valence-electron chi connectivity index (χ2n) is 11.4. The second kappa shape index (κ2) is 5.41. The maximum Gasteiger partial charge on any atom is 0.306 e. The molecule has 0 aromatic carbocycles. The third-order valence-electron chi connectivity index (χ3n) is 10.7. The van der Waals surface area contributed by atoms with E-state index in [-0.39, 0.29) is 33.6 Å². The summed E-state index contributed by atoms with van der Waals surface area (Å²) in [5.74, 6) is 2.71. The van der Waals surface area contributed by atoms with Crippen LogP contribution in [0.3, 0.4) is 0 Å². The van der Waals surface area contributed by atoms with E-state index >= 15 is 0 Å². The summed E-state index contributed by atoms with van der Waals surface area (Å²) in [5, 5.41) is 0.556. The molecule has 0 amide bonds. The third-order valence-corrected chi connectivity index (χ3v) is 11.8. The van der Waals surface area contributed by atoms with Crippen molar-refractivity contribution >= 4 is 23.5 Å². The molecule has 3 nitrogen and oxygen atoms in total. The van der Waals surface area contributed by atoms with Gasteiger partial charge in [0.25, 0.3) is 0 Å². The second-order valence-corrected chi connectivity index (χ2v) is 12.4. The summed E-state index contributed by atoms with van der Waals surface area (Å²) in [7, 11) is 0. The van der Waals surface area contributed by atoms with Gasteiger partial charge in [0, 0.05) is 27.9 Å². The van der Waals surface area contributed by atoms with Crippen LogP contribution in [-0.4, -0.2) is 28.9 Å². The van der Waals surface area contributed by atoms with Crippen molar-refractivity contribution in [2.24, 2.45) is 39.9 Å². The van der Waals surface area contributed by atoms with Gasteiger partial charge in [0.1, 0.15) is 5.60 Å². The molecule has 0 aromatic rings. The molecule has 5 fully saturated rings. The van der Waals surface area contributed by atoms with E-state index < -0.39 is 0 Å². The average molecular weight is 413 g/mol. The smallest absolute Gasteiger partial charge is 0.306 e. The third kappa shape index (κ3) is 1.95. The Kier molecular flexibility index (Phi) is 3.49. The highest BCUT2D eigenvalue weighted by molar-refractivity contribution is 7.99. The van der Waals surface area contributed by atoms with Gasteiger partial charge in [-0.1, -0.05) is 32.4 Å². The zero-order valence-electron chi connectivity index (χ0n) is 18.0. The molecule has 6 aliphatic rings. The van der Waals surface area contributed by atoms with E-state index in [2.05, 4.69) is 33.1 Å². The number of ether oxygens (including phenoxy) is 1. The van der Waals surface area contributed by atoms with Crippen LogP contribution in [0.4, 0.5) is 0 Å². The van der Waals surface area contributed by atoms with Crippen LogP contribution >= 0.6 is 11.8 Å². The molecule has 4 saturated carbocycles. The van der Waals surface area contributed by atoms with E-state index in [1.807, 2.05) is 23.9 Å². The van der Waals surface area contributed by atoms with E-state index in [0.29, 0.717) is 35.3 Å². The molecule has 6 rings (SSSR count). The summed E-state index contributed by atoms with van der Waals surface area (Å²) >= 11 is 2.00. The molecule has 156 valence electrons. The van der Waals surface area contributed by atoms with Crippen LogP contribution in [0.1, 0.15) is 59.3 Å². The molecule has 0 radical (unpaired) electrons. The monoisotopic (exact) mass is 412 g/mol. The van der Waals surface area contributed by atoms with Crippen molar-refractivity contribution in [3.05, 3.63) is 23.8 Å². The van der Waals surface area contributed by atoms with Crippen LogP contribution in [0.5, 0.6) is 0 Å². The zero-order valence-corrected chi connectivity index (χ0v) is 18.8. The predicted octanol–water partition coefficient (Wildman–Crippen LogP) is 4.96. The van der Waals surface area contributed by atoms with Crippen LogP contribution in [0.2, 0.25) is 0 Å². The number of allylic oxidation sites excluding steroid dienone is 4. The molecule has 0 bridgehead atoms. The van der Waals surface area contributed by atoms with E-state index in [1.54, 1.807) is 0 Å². The van der Waals surface area contributed by atoms with E-state index in [0.717, 1.165) is 19.3 Å². The van der Waals surface area contributed by atoms with Crippen molar-refractivity contribution in [1.29, 1.82) is 0 Å². The number of carbonyl (C=O) groups excluding carboxylic acids is 2. The summed E-state index contributed by atoms with van der Waals surface area (Å²) < 4.78 is 6.32. The largest absolute Gasteiger partial charge is 0.458 e. The Balaban J connectivity index is 1.47. The molecule has 0 aromatic heterocycles. The Hall–Kier alpha value is -1.03. The molecule has 29 heavy (non-hydrogen) atoms. The lowest BCUT2D eigenvalue weighted by molar-refractivity contribution is -0.182. The van der Waals surface area contributed by atoms with Crippen molar-refractivity contribution in [2.75, 3.05) is 6.26 Å². The number of carbonyl (C=O) groups is 2. The molecule has 2 unspecified atom stereocenters. The molecular weight excluding hydrogens is 380 g/mol. The lowest BCUT2D eigenvalue weighted by Gasteiger charge is -2.61. The van der Waals surface area contributed by atoms with Gasteiger partial charge < -0.3 is 4.74 Å². The van der Waals surface area contributed by atoms with Gasteiger partial charge in [0.05, 0.1) is 0 Å². The highest BCUT2D eigenvalue weighted by atomic mass is 32.2. The predicted molar refractivity (Wildman–Crippen MR) is 114 cm³/mol. The first kappa shape index (κ1) is 18.7. The Bertz CT molecular complexity index is 890. The van der Waals surface area contributed by atoms with Crippen molar-refractivity contribution in [2.45, 2.75) is 70.1 Å². The van der Waals surface area contributed by atoms with Gasteiger partial charge >= 0.3 is 5.97 Å². The first-order chi connectivity index (χ1) is 13.7. The number of rotatable bonds is 1. The SMILES string of the molecule is CSC1CC2=CC(=O)C=C[C@]2(C)[C@H]2CC[C@@]3(C)[C@H]([C@H]12)[C@H]1CC1(C)[C@@]31CCC(=O)O1. The molecule has 1 saturated heterocycles. The first-order valence-electron chi connectivity index (χ1n) is 11.4. The maximum absolute atomic E-state index is 12.3. The van der Waals surface area contributed by atoms with Gasteiger partial charge in [0.2, 0.25) is 0 Å². The summed E-state index contributed by atoms with van der Waals surface area (Å²) in [4.78, 5) is 24.5. The number of thioether (sulfide) groups is 1. The number of hydrogen-bond acceptors (Lipinski definition) is 4. The molecule has 1 spiro atoms. The molecule has 4 heteroatoms. The van der Waals surface area contributed by atoms with Crippen LogP contribution < -0.4 is 0 Å². The summed E-state index contributed by atoms with van der Waals surface area (Å²) in [6.07, 6.45) is 14.3. The minimum atomic E-state index is -0.240. The summed E-state index contributed by atoms with van der Waals surface area (Å²) in [5.41, 5.74) is 1.39. The standard InChI is InChI=1S/C25H32O3S/c1-22-8-5-15(26)11-14(22)12-18(29-4)20-16(22)6-9-23(2)21(20)17-13-24(17,3)25(23)10-7-19(27)28-25/h5,8,11,16-18,20-21H,6-7,9-10,12-13H2,1-4H3/t16-,17+,18?,20-,21-,22-,23-,24?,25+/m0/s1. The molecule has 1 aliphatic heterocycles. The fourth-order valence-electron chi connectivity index (χ4n) is 9.25. The van der Waals surface area contributed by atoms with Gasteiger partial charge in [-0.05, 0) is 74.2 Å². The number of fused-ring (bicyclic) bond motifs is 9. The van der Waals surface area contributed by atoms with E-state index in [4.69, 9.17) is 4.74 Å². The Labute approximate surface area is 178 Å². The van der Waals surface area contributed by atoms with Gasteiger partial charge in [0.15, 0.2) is 5.78 Å². The maximum atomic E-state index is 12.3. The fourth-order valence-corrected chi connectivity index (χ4v) is 10.3. The van der Waals surface area contributed by atoms with Crippen LogP contribution in [0, 0.1) is 39.9 Å². The number of ketones is 1. The first-order valence-corrected chi connectivity index (χ1v) is 12.7. The normalized spacial score (nSPS) is 57.0. The average Bonchev–Trinajstić information content (AvgIpc) is 3.13. The molecular formula is C25H32O3S. The van der Waals surface area contributed by atoms with Crippen molar-refractivity contribution in [1.82, 2.24) is 0 Å². The Morgan fingerprint density at radius 2 is 1.90 bits per heavy atom. The molecule has 0 N–H and O–H groups in total. The van der Waals surface area contributed by atoms with Gasteiger partial charge in [-0.15, -0.1) is 0 Å². The number of hydrogen-bond donors (Lipinski definition) is 0. The van der Waals surface area contributed by atoms with Crippen molar-refractivity contribution in [3.63, 3.8) is 0 Å². The van der Waals surface area contributed by atoms with Crippen molar-refractivity contribution < 1.29 is 14.3 Å². The number of esters is 1. The highest BCUT2D eigenvalue weighted by Crippen LogP contribution is 2.84. The lowest BCUT2D eigenvalue weighted by Crippen LogP contribution is -2.59. The highest BCUT2D eigenvalue weighted by Gasteiger charge is 2.84. The fraction of sp³-hybridized carbons (Fsp3) is 0.760. The van der Waals surface area contributed by atoms with E-state index in [9.17, 15) is 9.59 Å². The summed E-state index contributed by atoms with van der Waals surface area (Å²) in [6.45, 7) is 7.26.